The van der Waals surface area contributed by atoms with E-state index in [1.54, 1.807) is 36.4 Å². The predicted octanol–water partition coefficient (Wildman–Crippen LogP) is 0.408. The molecule has 0 aliphatic rings. The Labute approximate surface area is 148 Å². The molecule has 0 radical (unpaired) electrons. The smallest absolute Gasteiger partial charge is 0.339 e. The first-order valence-corrected chi connectivity index (χ1v) is 7.51. The lowest BCUT2D eigenvalue weighted by atomic mass is 10.1. The summed E-state index contributed by atoms with van der Waals surface area (Å²) in [5.41, 5.74) is 10.6. The van der Waals surface area contributed by atoms with E-state index in [1.807, 2.05) is 0 Å². The Balaban J connectivity index is 2.20. The lowest BCUT2D eigenvalue weighted by molar-refractivity contribution is -0.143. The number of ether oxygens (including phenoxy) is 2. The van der Waals surface area contributed by atoms with E-state index in [1.165, 1.54) is 24.3 Å². The van der Waals surface area contributed by atoms with Gasteiger partial charge in [-0.3, -0.25) is 9.59 Å². The van der Waals surface area contributed by atoms with Gasteiger partial charge in [0.1, 0.15) is 0 Å². The van der Waals surface area contributed by atoms with Crippen molar-refractivity contribution in [3.05, 3.63) is 71.8 Å². The van der Waals surface area contributed by atoms with Crippen LogP contribution in [0.3, 0.4) is 0 Å². The number of hydrogen-bond donors (Lipinski definition) is 2. The fraction of sp³-hybridized carbons (Fsp3) is 0.111. The van der Waals surface area contributed by atoms with Crippen molar-refractivity contribution in [2.24, 2.45) is 11.5 Å². The van der Waals surface area contributed by atoms with Crippen LogP contribution in [0.4, 0.5) is 0 Å². The number of esters is 2. The maximum atomic E-state index is 12.1. The normalized spacial score (nSPS) is 12.5. The second-order valence-electron chi connectivity index (χ2n) is 5.19. The predicted molar refractivity (Wildman–Crippen MR) is 89.7 cm³/mol. The summed E-state index contributed by atoms with van der Waals surface area (Å²) < 4.78 is 9.93. The Morgan fingerprint density at radius 3 is 1.19 bits per heavy atom. The van der Waals surface area contributed by atoms with Crippen LogP contribution in [0, 0.1) is 0 Å². The van der Waals surface area contributed by atoms with E-state index < -0.39 is 36.0 Å². The number of benzene rings is 2. The van der Waals surface area contributed by atoms with E-state index in [-0.39, 0.29) is 11.1 Å². The fourth-order valence-corrected chi connectivity index (χ4v) is 2.05. The molecule has 8 nitrogen and oxygen atoms in total. The molecule has 2 atom stereocenters. The van der Waals surface area contributed by atoms with Gasteiger partial charge in [-0.05, 0) is 24.3 Å². The zero-order chi connectivity index (χ0) is 19.1. The van der Waals surface area contributed by atoms with Gasteiger partial charge in [0, 0.05) is 0 Å². The third-order valence-corrected chi connectivity index (χ3v) is 3.32. The summed E-state index contributed by atoms with van der Waals surface area (Å²) in [4.78, 5) is 47.6. The number of hydrogen-bond acceptors (Lipinski definition) is 6. The summed E-state index contributed by atoms with van der Waals surface area (Å²) >= 11 is 0. The molecule has 0 aliphatic heterocycles. The molecule has 0 aromatic heterocycles. The third-order valence-electron chi connectivity index (χ3n) is 3.32. The summed E-state index contributed by atoms with van der Waals surface area (Å²) in [7, 11) is 0. The molecule has 26 heavy (non-hydrogen) atoms. The SMILES string of the molecule is NC(=O)[C@H](OC(=O)c1ccccc1)[C@@H](OC(=O)c1ccccc1)C(N)=O. The highest BCUT2D eigenvalue weighted by Crippen LogP contribution is 2.12. The van der Waals surface area contributed by atoms with Crippen molar-refractivity contribution in [2.45, 2.75) is 12.2 Å². The van der Waals surface area contributed by atoms with Gasteiger partial charge in [-0.15, -0.1) is 0 Å². The molecule has 0 heterocycles. The highest BCUT2D eigenvalue weighted by atomic mass is 16.6. The molecule has 0 fully saturated rings. The Kier molecular flexibility index (Phi) is 6.05. The third kappa shape index (κ3) is 4.67. The monoisotopic (exact) mass is 356 g/mol. The topological polar surface area (TPSA) is 139 Å². The van der Waals surface area contributed by atoms with Gasteiger partial charge in [-0.25, -0.2) is 9.59 Å². The second-order valence-corrected chi connectivity index (χ2v) is 5.19. The Morgan fingerprint density at radius 1 is 0.615 bits per heavy atom. The van der Waals surface area contributed by atoms with Gasteiger partial charge in [0.25, 0.3) is 11.8 Å². The molecule has 0 bridgehead atoms. The summed E-state index contributed by atoms with van der Waals surface area (Å²) in [6, 6.07) is 15.4. The molecule has 134 valence electrons. The minimum atomic E-state index is -1.87. The summed E-state index contributed by atoms with van der Waals surface area (Å²) in [5, 5.41) is 0. The Hall–Kier alpha value is -3.68. The highest BCUT2D eigenvalue weighted by Gasteiger charge is 2.38. The lowest BCUT2D eigenvalue weighted by Crippen LogP contribution is -2.51. The van der Waals surface area contributed by atoms with Gasteiger partial charge in [-0.1, -0.05) is 36.4 Å². The van der Waals surface area contributed by atoms with E-state index >= 15 is 0 Å². The van der Waals surface area contributed by atoms with Gasteiger partial charge in [-0.2, -0.15) is 0 Å². The van der Waals surface area contributed by atoms with E-state index in [0.717, 1.165) is 0 Å². The van der Waals surface area contributed by atoms with Gasteiger partial charge in [0.15, 0.2) is 0 Å². The highest BCUT2D eigenvalue weighted by molar-refractivity contribution is 5.97. The number of nitrogens with two attached hydrogens (primary N) is 2. The molecule has 0 spiro atoms. The van der Waals surface area contributed by atoms with Crippen LogP contribution in [-0.2, 0) is 19.1 Å². The van der Waals surface area contributed by atoms with Crippen LogP contribution in [0.15, 0.2) is 60.7 Å². The molecular formula is C18H16N2O6. The van der Waals surface area contributed by atoms with Crippen LogP contribution in [0.1, 0.15) is 20.7 Å². The fourth-order valence-electron chi connectivity index (χ4n) is 2.05. The van der Waals surface area contributed by atoms with Crippen LogP contribution >= 0.6 is 0 Å². The van der Waals surface area contributed by atoms with Crippen LogP contribution in [-0.4, -0.2) is 36.0 Å². The molecule has 4 N–H and O–H groups in total. The molecule has 0 unspecified atom stereocenters. The van der Waals surface area contributed by atoms with E-state index in [9.17, 15) is 19.2 Å². The molecule has 8 heteroatoms. The number of amides is 2. The molecule has 2 rings (SSSR count). The summed E-state index contributed by atoms with van der Waals surface area (Å²) in [6.07, 6.45) is -3.74. The van der Waals surface area contributed by atoms with Crippen molar-refractivity contribution in [3.8, 4) is 0 Å². The molecule has 2 aromatic rings. The van der Waals surface area contributed by atoms with Crippen LogP contribution in [0.5, 0.6) is 0 Å². The second kappa shape index (κ2) is 8.43. The van der Waals surface area contributed by atoms with E-state index in [0.29, 0.717) is 0 Å². The van der Waals surface area contributed by atoms with Crippen LogP contribution in [0.2, 0.25) is 0 Å². The molecule has 0 saturated heterocycles. The minimum Gasteiger partial charge on any atom is -0.444 e. The van der Waals surface area contributed by atoms with Crippen LogP contribution in [0.25, 0.3) is 0 Å². The first-order valence-electron chi connectivity index (χ1n) is 7.51. The van der Waals surface area contributed by atoms with E-state index in [4.69, 9.17) is 20.9 Å². The van der Waals surface area contributed by atoms with Crippen molar-refractivity contribution in [2.75, 3.05) is 0 Å². The Morgan fingerprint density at radius 2 is 0.923 bits per heavy atom. The number of primary amides is 2. The quantitative estimate of drug-likeness (QED) is 0.689. The first-order chi connectivity index (χ1) is 12.4. The van der Waals surface area contributed by atoms with Gasteiger partial charge >= 0.3 is 11.9 Å². The van der Waals surface area contributed by atoms with Crippen molar-refractivity contribution in [3.63, 3.8) is 0 Å². The van der Waals surface area contributed by atoms with Crippen molar-refractivity contribution in [1.82, 2.24) is 0 Å². The maximum absolute atomic E-state index is 12.1. The minimum absolute atomic E-state index is 0.122. The van der Waals surface area contributed by atoms with E-state index in [2.05, 4.69) is 0 Å². The number of rotatable bonds is 7. The summed E-state index contributed by atoms with van der Waals surface area (Å²) in [6.45, 7) is 0. The standard InChI is InChI=1S/C18H16N2O6/c19-15(21)13(25-17(23)11-7-3-1-4-8-11)14(16(20)22)26-18(24)12-9-5-2-6-10-12/h1-10,13-14H,(H2,19,21)(H2,20,22)/t13-,14-/m1/s1. The zero-order valence-electron chi connectivity index (χ0n) is 13.5. The first kappa shape index (κ1) is 18.7. The largest absolute Gasteiger partial charge is 0.444 e. The molecule has 2 aromatic carbocycles. The average molecular weight is 356 g/mol. The van der Waals surface area contributed by atoms with Crippen molar-refractivity contribution >= 4 is 23.8 Å². The maximum Gasteiger partial charge on any atom is 0.339 e. The molecule has 0 saturated carbocycles. The Bertz CT molecular complexity index is 737. The number of carbonyl (C=O) groups is 4. The zero-order valence-corrected chi connectivity index (χ0v) is 13.5. The average Bonchev–Trinajstić information content (AvgIpc) is 2.65. The molecular weight excluding hydrogens is 340 g/mol. The molecule has 2 amide bonds. The van der Waals surface area contributed by atoms with Crippen LogP contribution < -0.4 is 11.5 Å². The van der Waals surface area contributed by atoms with Gasteiger partial charge in [0.05, 0.1) is 11.1 Å². The number of carbonyl (C=O) groups excluding carboxylic acids is 4. The summed E-state index contributed by atoms with van der Waals surface area (Å²) in [5.74, 6) is -4.20. The van der Waals surface area contributed by atoms with Crippen molar-refractivity contribution < 1.29 is 28.7 Å². The van der Waals surface area contributed by atoms with Gasteiger partial charge in [0.2, 0.25) is 12.2 Å². The van der Waals surface area contributed by atoms with Crippen molar-refractivity contribution in [1.29, 1.82) is 0 Å². The lowest BCUT2D eigenvalue weighted by Gasteiger charge is -2.22. The van der Waals surface area contributed by atoms with Gasteiger partial charge < -0.3 is 20.9 Å². The molecule has 0 aliphatic carbocycles.